The van der Waals surface area contributed by atoms with Crippen molar-refractivity contribution in [2.75, 3.05) is 13.7 Å². The molecule has 0 unspecified atom stereocenters. The van der Waals surface area contributed by atoms with Gasteiger partial charge in [0.2, 0.25) is 0 Å². The van der Waals surface area contributed by atoms with Crippen molar-refractivity contribution in [3.8, 4) is 0 Å². The predicted octanol–water partition coefficient (Wildman–Crippen LogP) is 3.78. The molecule has 0 N–H and O–H groups in total. The van der Waals surface area contributed by atoms with Crippen molar-refractivity contribution >= 4 is 11.4 Å². The molecular formula is C20H26N4O2. The van der Waals surface area contributed by atoms with E-state index < -0.39 is 0 Å². The first-order valence-corrected chi connectivity index (χ1v) is 8.81. The van der Waals surface area contributed by atoms with Gasteiger partial charge >= 0.3 is 0 Å². The van der Waals surface area contributed by atoms with E-state index in [9.17, 15) is 0 Å². The Kier molecular flexibility index (Phi) is 7.74. The van der Waals surface area contributed by atoms with Gasteiger partial charge in [-0.05, 0) is 57.4 Å². The predicted molar refractivity (Wildman–Crippen MR) is 104 cm³/mol. The fourth-order valence-electron chi connectivity index (χ4n) is 2.39. The average Bonchev–Trinajstić information content (AvgIpc) is 2.68. The second kappa shape index (κ2) is 10.3. The molecule has 0 aliphatic carbocycles. The Bertz CT molecular complexity index is 772. The fraction of sp³-hybridized carbons (Fsp3) is 0.400. The molecule has 0 spiro atoms. The van der Waals surface area contributed by atoms with Crippen LogP contribution in [0, 0.1) is 0 Å². The first-order chi connectivity index (χ1) is 12.6. The van der Waals surface area contributed by atoms with Gasteiger partial charge in [0, 0.05) is 11.4 Å². The Morgan fingerprint density at radius 2 is 1.54 bits per heavy atom. The van der Waals surface area contributed by atoms with Gasteiger partial charge in [0.05, 0.1) is 11.4 Å². The molecule has 0 bridgehead atoms. The third kappa shape index (κ3) is 5.95. The van der Waals surface area contributed by atoms with Gasteiger partial charge in [-0.2, -0.15) is 0 Å². The number of aromatic nitrogens is 2. The molecule has 2 rings (SSSR count). The third-order valence-corrected chi connectivity index (χ3v) is 3.82. The van der Waals surface area contributed by atoms with E-state index in [0.29, 0.717) is 6.61 Å². The van der Waals surface area contributed by atoms with Gasteiger partial charge in [-0.3, -0.25) is 9.97 Å². The lowest BCUT2D eigenvalue weighted by Crippen LogP contribution is -2.04. The smallest absolute Gasteiger partial charge is 0.117 e. The van der Waals surface area contributed by atoms with E-state index in [2.05, 4.69) is 27.2 Å². The molecule has 0 aliphatic heterocycles. The third-order valence-electron chi connectivity index (χ3n) is 3.82. The van der Waals surface area contributed by atoms with Gasteiger partial charge in [0.25, 0.3) is 0 Å². The normalized spacial score (nSPS) is 12.2. The summed E-state index contributed by atoms with van der Waals surface area (Å²) >= 11 is 0. The van der Waals surface area contributed by atoms with Crippen LogP contribution in [0.15, 0.2) is 46.7 Å². The number of aryl methyl sites for hydroxylation is 2. The Morgan fingerprint density at radius 1 is 0.923 bits per heavy atom. The lowest BCUT2D eigenvalue weighted by Gasteiger charge is -2.05. The van der Waals surface area contributed by atoms with Crippen LogP contribution >= 0.6 is 0 Å². The molecule has 26 heavy (non-hydrogen) atoms. The zero-order chi connectivity index (χ0) is 18.8. The first kappa shape index (κ1) is 19.6. The fourth-order valence-corrected chi connectivity index (χ4v) is 2.39. The van der Waals surface area contributed by atoms with Crippen LogP contribution in [0.5, 0.6) is 0 Å². The molecule has 0 atom stereocenters. The van der Waals surface area contributed by atoms with Gasteiger partial charge in [0.15, 0.2) is 0 Å². The van der Waals surface area contributed by atoms with E-state index in [1.54, 1.807) is 0 Å². The molecule has 6 nitrogen and oxygen atoms in total. The second-order valence-corrected chi connectivity index (χ2v) is 5.85. The summed E-state index contributed by atoms with van der Waals surface area (Å²) in [6, 6.07) is 11.8. The highest BCUT2D eigenvalue weighted by molar-refractivity contribution is 5.96. The van der Waals surface area contributed by atoms with E-state index in [0.717, 1.165) is 53.5 Å². The molecule has 2 heterocycles. The van der Waals surface area contributed by atoms with Crippen molar-refractivity contribution < 1.29 is 9.68 Å². The average molecular weight is 354 g/mol. The van der Waals surface area contributed by atoms with Gasteiger partial charge in [-0.1, -0.05) is 29.4 Å². The van der Waals surface area contributed by atoms with Crippen molar-refractivity contribution in [3.63, 3.8) is 0 Å². The number of pyridine rings is 2. The van der Waals surface area contributed by atoms with Crippen LogP contribution in [0.1, 0.15) is 50.0 Å². The quantitative estimate of drug-likeness (QED) is 0.390. The summed E-state index contributed by atoms with van der Waals surface area (Å²) in [5, 5.41) is 8.08. The van der Waals surface area contributed by atoms with Crippen LogP contribution in [-0.2, 0) is 22.5 Å². The van der Waals surface area contributed by atoms with E-state index in [4.69, 9.17) is 9.68 Å². The summed E-state index contributed by atoms with van der Waals surface area (Å²) in [5.41, 5.74) is 5.26. The van der Waals surface area contributed by atoms with E-state index in [-0.39, 0.29) is 0 Å². The van der Waals surface area contributed by atoms with Gasteiger partial charge in [0.1, 0.15) is 25.1 Å². The van der Waals surface area contributed by atoms with Gasteiger partial charge in [-0.15, -0.1) is 0 Å². The molecule has 0 aliphatic rings. The van der Waals surface area contributed by atoms with Gasteiger partial charge < -0.3 is 9.68 Å². The first-order valence-electron chi connectivity index (χ1n) is 8.81. The second-order valence-electron chi connectivity index (χ2n) is 5.85. The topological polar surface area (TPSA) is 69.0 Å². The minimum absolute atomic E-state index is 0.530. The molecule has 0 saturated heterocycles. The number of hydrogen-bond acceptors (Lipinski definition) is 6. The molecule has 0 radical (unpaired) electrons. The van der Waals surface area contributed by atoms with Crippen LogP contribution in [0.25, 0.3) is 0 Å². The van der Waals surface area contributed by atoms with E-state index in [1.165, 1.54) is 7.11 Å². The summed E-state index contributed by atoms with van der Waals surface area (Å²) in [6.07, 6.45) is 2.55. The number of hydrogen-bond donors (Lipinski definition) is 0. The van der Waals surface area contributed by atoms with Crippen molar-refractivity contribution in [2.24, 2.45) is 10.3 Å². The zero-order valence-corrected chi connectivity index (χ0v) is 15.9. The van der Waals surface area contributed by atoms with Crippen molar-refractivity contribution in [1.29, 1.82) is 0 Å². The molecule has 0 saturated carbocycles. The molecule has 2 aromatic rings. The van der Waals surface area contributed by atoms with E-state index in [1.807, 2.05) is 50.2 Å². The standard InChI is InChI=1S/C20H26N4O2/c1-5-17-9-6-12-20(21-17)16(3)24-26-14-8-11-18-10-7-13-19(22-18)15(2)23-25-4/h6-7,9-10,12-13H,5,8,11,14H2,1-4H3/b23-15+,24-16+. The Labute approximate surface area is 155 Å². The largest absolute Gasteiger partial charge is 0.399 e. The van der Waals surface area contributed by atoms with Crippen molar-refractivity contribution in [2.45, 2.75) is 40.0 Å². The summed E-state index contributed by atoms with van der Waals surface area (Å²) in [7, 11) is 1.53. The zero-order valence-electron chi connectivity index (χ0n) is 15.9. The summed E-state index contributed by atoms with van der Waals surface area (Å²) in [4.78, 5) is 19.3. The molecule has 2 aromatic heterocycles. The molecule has 138 valence electrons. The highest BCUT2D eigenvalue weighted by Crippen LogP contribution is 2.06. The number of oxime groups is 2. The molecule has 0 fully saturated rings. The SMILES string of the molecule is CCc1cccc(/C(C)=N/OCCCc2cccc(/C(C)=N/OC)n2)n1. The molecule has 0 amide bonds. The van der Waals surface area contributed by atoms with Crippen LogP contribution in [-0.4, -0.2) is 35.1 Å². The minimum Gasteiger partial charge on any atom is -0.399 e. The van der Waals surface area contributed by atoms with E-state index >= 15 is 0 Å². The summed E-state index contributed by atoms with van der Waals surface area (Å²) < 4.78 is 0. The Hall–Kier alpha value is -2.76. The Morgan fingerprint density at radius 3 is 2.19 bits per heavy atom. The van der Waals surface area contributed by atoms with Crippen molar-refractivity contribution in [3.05, 3.63) is 59.2 Å². The summed E-state index contributed by atoms with van der Waals surface area (Å²) in [6.45, 7) is 6.39. The Balaban J connectivity index is 1.83. The van der Waals surface area contributed by atoms with Crippen molar-refractivity contribution in [1.82, 2.24) is 9.97 Å². The maximum atomic E-state index is 5.44. The minimum atomic E-state index is 0.530. The molecule has 6 heteroatoms. The monoisotopic (exact) mass is 354 g/mol. The maximum Gasteiger partial charge on any atom is 0.117 e. The summed E-state index contributed by atoms with van der Waals surface area (Å²) in [5.74, 6) is 0. The highest BCUT2D eigenvalue weighted by Gasteiger charge is 2.03. The lowest BCUT2D eigenvalue weighted by atomic mass is 10.2. The maximum absolute atomic E-state index is 5.44. The number of rotatable bonds is 9. The molecule has 0 aromatic carbocycles. The van der Waals surface area contributed by atoms with Gasteiger partial charge in [-0.25, -0.2) is 0 Å². The van der Waals surface area contributed by atoms with Crippen LogP contribution in [0.4, 0.5) is 0 Å². The molecular weight excluding hydrogens is 328 g/mol. The van der Waals surface area contributed by atoms with Crippen LogP contribution in [0.2, 0.25) is 0 Å². The lowest BCUT2D eigenvalue weighted by molar-refractivity contribution is 0.141. The van der Waals surface area contributed by atoms with Crippen LogP contribution in [0.3, 0.4) is 0 Å². The highest BCUT2D eigenvalue weighted by atomic mass is 16.6. The van der Waals surface area contributed by atoms with Crippen LogP contribution < -0.4 is 0 Å². The number of nitrogens with zero attached hydrogens (tertiary/aromatic N) is 4.